The van der Waals surface area contributed by atoms with Crippen LogP contribution in [0.15, 0.2) is 5.16 Å². The standard InChI is InChI=1S/C5H8F3N3O2/c6-5(7,8)2-10-4(12)1-3(9)11-13/h13H,1-2H2,(H2,9,11)(H,10,12). The van der Waals surface area contributed by atoms with Crippen molar-refractivity contribution in [3.63, 3.8) is 0 Å². The Balaban J connectivity index is 3.77. The number of alkyl halides is 3. The van der Waals surface area contributed by atoms with Gasteiger partial charge in [0.25, 0.3) is 0 Å². The maximum atomic E-state index is 11.5. The summed E-state index contributed by atoms with van der Waals surface area (Å²) < 4.78 is 34.5. The molecule has 4 N–H and O–H groups in total. The third-order valence-corrected chi connectivity index (χ3v) is 0.956. The quantitative estimate of drug-likeness (QED) is 0.254. The van der Waals surface area contributed by atoms with Gasteiger partial charge in [0.05, 0.1) is 6.42 Å². The number of oxime groups is 1. The van der Waals surface area contributed by atoms with Crippen LogP contribution in [0.2, 0.25) is 0 Å². The van der Waals surface area contributed by atoms with Crippen molar-refractivity contribution < 1.29 is 23.2 Å². The molecule has 0 unspecified atom stereocenters. The molecule has 0 aliphatic carbocycles. The fraction of sp³-hybridized carbons (Fsp3) is 0.600. The number of hydrogen-bond acceptors (Lipinski definition) is 3. The zero-order chi connectivity index (χ0) is 10.5. The van der Waals surface area contributed by atoms with Crippen molar-refractivity contribution in [2.45, 2.75) is 12.6 Å². The van der Waals surface area contributed by atoms with Crippen LogP contribution >= 0.6 is 0 Å². The average Bonchev–Trinajstić information content (AvgIpc) is 1.99. The molecular weight excluding hydrogens is 191 g/mol. The Hall–Kier alpha value is -1.47. The van der Waals surface area contributed by atoms with Gasteiger partial charge in [-0.1, -0.05) is 5.16 Å². The van der Waals surface area contributed by atoms with Crippen LogP contribution in [0.1, 0.15) is 6.42 Å². The number of hydrogen-bond donors (Lipinski definition) is 3. The van der Waals surface area contributed by atoms with E-state index in [2.05, 4.69) is 5.16 Å². The molecule has 0 fully saturated rings. The predicted octanol–water partition coefficient (Wildman–Crippen LogP) is -0.199. The average molecular weight is 199 g/mol. The van der Waals surface area contributed by atoms with Crippen LogP contribution in [-0.4, -0.2) is 29.7 Å². The van der Waals surface area contributed by atoms with Gasteiger partial charge in [-0.25, -0.2) is 0 Å². The van der Waals surface area contributed by atoms with Crippen LogP contribution < -0.4 is 11.1 Å². The molecule has 0 bridgehead atoms. The minimum atomic E-state index is -4.46. The van der Waals surface area contributed by atoms with E-state index in [1.807, 2.05) is 0 Å². The first kappa shape index (κ1) is 11.5. The van der Waals surface area contributed by atoms with E-state index < -0.39 is 30.9 Å². The summed E-state index contributed by atoms with van der Waals surface area (Å²) in [7, 11) is 0. The Bertz CT molecular complexity index is 214. The van der Waals surface area contributed by atoms with Crippen LogP contribution in [0.5, 0.6) is 0 Å². The Labute approximate surface area is 71.4 Å². The molecular formula is C5H8F3N3O2. The number of carbonyl (C=O) groups excluding carboxylic acids is 1. The first-order valence-electron chi connectivity index (χ1n) is 3.15. The fourth-order valence-electron chi connectivity index (χ4n) is 0.461. The molecule has 0 heterocycles. The van der Waals surface area contributed by atoms with Crippen molar-refractivity contribution in [3.05, 3.63) is 0 Å². The number of amides is 1. The predicted molar refractivity (Wildman–Crippen MR) is 37.1 cm³/mol. The highest BCUT2D eigenvalue weighted by Gasteiger charge is 2.27. The van der Waals surface area contributed by atoms with Crippen LogP contribution in [0.25, 0.3) is 0 Å². The summed E-state index contributed by atoms with van der Waals surface area (Å²) in [6.45, 7) is -1.43. The molecule has 0 radical (unpaired) electrons. The molecule has 5 nitrogen and oxygen atoms in total. The minimum absolute atomic E-state index is 0.445. The third-order valence-electron chi connectivity index (χ3n) is 0.956. The smallest absolute Gasteiger partial charge is 0.405 e. The normalized spacial score (nSPS) is 12.7. The Morgan fingerprint density at radius 3 is 2.46 bits per heavy atom. The van der Waals surface area contributed by atoms with Crippen molar-refractivity contribution in [1.29, 1.82) is 0 Å². The van der Waals surface area contributed by atoms with E-state index in [-0.39, 0.29) is 0 Å². The number of carbonyl (C=O) groups is 1. The van der Waals surface area contributed by atoms with Gasteiger partial charge in [-0.3, -0.25) is 4.79 Å². The second-order valence-electron chi connectivity index (χ2n) is 2.16. The van der Waals surface area contributed by atoms with E-state index in [1.165, 1.54) is 0 Å². The topological polar surface area (TPSA) is 87.7 Å². The lowest BCUT2D eigenvalue weighted by molar-refractivity contribution is -0.137. The first-order chi connectivity index (χ1) is 5.85. The molecule has 0 saturated carbocycles. The molecule has 1 amide bonds. The molecule has 0 aromatic carbocycles. The molecule has 8 heteroatoms. The van der Waals surface area contributed by atoms with E-state index >= 15 is 0 Å². The molecule has 0 spiro atoms. The minimum Gasteiger partial charge on any atom is -0.409 e. The SMILES string of the molecule is N/C(CC(=O)NCC(F)(F)F)=N\O. The summed E-state index contributed by atoms with van der Waals surface area (Å²) in [6, 6.07) is 0. The molecule has 0 atom stereocenters. The summed E-state index contributed by atoms with van der Waals surface area (Å²) in [6.07, 6.45) is -5.02. The highest BCUT2D eigenvalue weighted by molar-refractivity contribution is 5.98. The van der Waals surface area contributed by atoms with E-state index in [4.69, 9.17) is 10.9 Å². The van der Waals surface area contributed by atoms with E-state index in [0.717, 1.165) is 0 Å². The summed E-state index contributed by atoms with van der Waals surface area (Å²) in [5, 5.41) is 11.9. The molecule has 76 valence electrons. The maximum Gasteiger partial charge on any atom is 0.405 e. The first-order valence-corrected chi connectivity index (χ1v) is 3.15. The lowest BCUT2D eigenvalue weighted by Gasteiger charge is -2.07. The molecule has 0 aliphatic rings. The highest BCUT2D eigenvalue weighted by atomic mass is 19.4. The van der Waals surface area contributed by atoms with Crippen molar-refractivity contribution in [2.24, 2.45) is 10.9 Å². The van der Waals surface area contributed by atoms with Gasteiger partial charge in [-0.15, -0.1) is 0 Å². The number of nitrogens with one attached hydrogen (secondary N) is 1. The Kier molecular flexibility index (Phi) is 4.02. The van der Waals surface area contributed by atoms with E-state index in [9.17, 15) is 18.0 Å². The number of nitrogens with two attached hydrogens (primary N) is 1. The summed E-state index contributed by atoms with van der Waals surface area (Å²) in [4.78, 5) is 10.6. The van der Waals surface area contributed by atoms with Gasteiger partial charge < -0.3 is 16.3 Å². The van der Waals surface area contributed by atoms with Gasteiger partial charge in [-0.2, -0.15) is 13.2 Å². The molecule has 0 aromatic heterocycles. The van der Waals surface area contributed by atoms with Gasteiger partial charge in [0.1, 0.15) is 12.4 Å². The van der Waals surface area contributed by atoms with Crippen molar-refractivity contribution in [2.75, 3.05) is 6.54 Å². The second kappa shape index (κ2) is 4.53. The van der Waals surface area contributed by atoms with Crippen LogP contribution in [0.3, 0.4) is 0 Å². The van der Waals surface area contributed by atoms with Crippen LogP contribution in [-0.2, 0) is 4.79 Å². The lowest BCUT2D eigenvalue weighted by Crippen LogP contribution is -2.35. The zero-order valence-electron chi connectivity index (χ0n) is 6.43. The third kappa shape index (κ3) is 6.91. The van der Waals surface area contributed by atoms with Gasteiger partial charge in [0, 0.05) is 0 Å². The van der Waals surface area contributed by atoms with Gasteiger partial charge >= 0.3 is 6.18 Å². The Morgan fingerprint density at radius 2 is 2.08 bits per heavy atom. The fourth-order valence-corrected chi connectivity index (χ4v) is 0.461. The van der Waals surface area contributed by atoms with Crippen LogP contribution in [0, 0.1) is 0 Å². The van der Waals surface area contributed by atoms with Gasteiger partial charge in [-0.05, 0) is 0 Å². The van der Waals surface area contributed by atoms with E-state index in [0.29, 0.717) is 0 Å². The van der Waals surface area contributed by atoms with Gasteiger partial charge in [0.15, 0.2) is 0 Å². The molecule has 13 heavy (non-hydrogen) atoms. The maximum absolute atomic E-state index is 11.5. The number of rotatable bonds is 3. The second-order valence-corrected chi connectivity index (χ2v) is 2.16. The van der Waals surface area contributed by atoms with Crippen LogP contribution in [0.4, 0.5) is 13.2 Å². The lowest BCUT2D eigenvalue weighted by atomic mass is 10.4. The number of halogens is 3. The summed E-state index contributed by atoms with van der Waals surface area (Å²) in [5.74, 6) is -1.40. The Morgan fingerprint density at radius 1 is 1.54 bits per heavy atom. The monoisotopic (exact) mass is 199 g/mol. The molecule has 0 saturated heterocycles. The number of amidine groups is 1. The molecule has 0 aromatic rings. The molecule has 0 aliphatic heterocycles. The van der Waals surface area contributed by atoms with Crippen molar-refractivity contribution in [1.82, 2.24) is 5.32 Å². The highest BCUT2D eigenvalue weighted by Crippen LogP contribution is 2.11. The summed E-state index contributed by atoms with van der Waals surface area (Å²) in [5.41, 5.74) is 4.87. The van der Waals surface area contributed by atoms with Crippen molar-refractivity contribution in [3.8, 4) is 0 Å². The summed E-state index contributed by atoms with van der Waals surface area (Å²) >= 11 is 0. The largest absolute Gasteiger partial charge is 0.409 e. The van der Waals surface area contributed by atoms with E-state index in [1.54, 1.807) is 5.32 Å². The molecule has 0 rings (SSSR count). The zero-order valence-corrected chi connectivity index (χ0v) is 6.43. The van der Waals surface area contributed by atoms with Crippen molar-refractivity contribution >= 4 is 11.7 Å². The van der Waals surface area contributed by atoms with Gasteiger partial charge in [0.2, 0.25) is 5.91 Å². The number of nitrogens with zero attached hydrogens (tertiary/aromatic N) is 1.